The first kappa shape index (κ1) is 10.4. The molecule has 0 radical (unpaired) electrons. The molecule has 0 bridgehead atoms. The molecule has 1 aliphatic carbocycles. The molecular formula is C9H11NO4. The quantitative estimate of drug-likeness (QED) is 0.485. The highest BCUT2D eigenvalue weighted by molar-refractivity contribution is 6.07. The van der Waals surface area contributed by atoms with Crippen LogP contribution in [0.15, 0.2) is 12.2 Å². The van der Waals surface area contributed by atoms with Crippen LogP contribution in [0.5, 0.6) is 0 Å². The van der Waals surface area contributed by atoms with Crippen molar-refractivity contribution in [3.05, 3.63) is 12.2 Å². The monoisotopic (exact) mass is 197 g/mol. The molecule has 0 heterocycles. The molecule has 0 saturated heterocycles. The van der Waals surface area contributed by atoms with Gasteiger partial charge in [0, 0.05) is 12.5 Å². The van der Waals surface area contributed by atoms with Crippen LogP contribution in [0.4, 0.5) is 0 Å². The van der Waals surface area contributed by atoms with Crippen LogP contribution >= 0.6 is 0 Å². The second-order valence-corrected chi connectivity index (χ2v) is 3.29. The second kappa shape index (κ2) is 3.61. The molecule has 76 valence electrons. The van der Waals surface area contributed by atoms with Crippen molar-refractivity contribution in [3.8, 4) is 0 Å². The van der Waals surface area contributed by atoms with Crippen molar-refractivity contribution >= 4 is 17.7 Å². The third-order valence-electron chi connectivity index (χ3n) is 2.39. The molecule has 1 fully saturated rings. The molecule has 1 saturated carbocycles. The number of carboxylic acid groups (broad SMARTS) is 1. The minimum atomic E-state index is -1.52. The third-order valence-corrected chi connectivity index (χ3v) is 2.39. The average Bonchev–Trinajstić information content (AvgIpc) is 2.44. The summed E-state index contributed by atoms with van der Waals surface area (Å²) in [6, 6.07) is 0. The normalized spacial score (nSPS) is 27.0. The summed E-state index contributed by atoms with van der Waals surface area (Å²) in [7, 11) is 0. The first-order valence-corrected chi connectivity index (χ1v) is 4.24. The van der Waals surface area contributed by atoms with Crippen LogP contribution < -0.4 is 5.73 Å². The zero-order valence-corrected chi connectivity index (χ0v) is 7.53. The number of Topliss-reactive ketones (excluding diaryl/α,β-unsaturated/α-hetero) is 1. The number of carbonyl (C=O) groups excluding carboxylic acids is 2. The van der Waals surface area contributed by atoms with Crippen molar-refractivity contribution in [1.82, 2.24) is 0 Å². The molecule has 14 heavy (non-hydrogen) atoms. The Morgan fingerprint density at radius 2 is 2.14 bits per heavy atom. The lowest BCUT2D eigenvalue weighted by Gasteiger charge is -2.16. The lowest BCUT2D eigenvalue weighted by Crippen LogP contribution is -2.33. The lowest BCUT2D eigenvalue weighted by atomic mass is 9.85. The van der Waals surface area contributed by atoms with Gasteiger partial charge in [-0.15, -0.1) is 0 Å². The highest BCUT2D eigenvalue weighted by atomic mass is 16.4. The molecule has 1 atom stereocenters. The molecule has 1 rings (SSSR count). The van der Waals surface area contributed by atoms with Gasteiger partial charge in [-0.1, -0.05) is 6.08 Å². The van der Waals surface area contributed by atoms with Gasteiger partial charge in [0.05, 0.1) is 0 Å². The van der Waals surface area contributed by atoms with Crippen molar-refractivity contribution < 1.29 is 19.5 Å². The van der Waals surface area contributed by atoms with Crippen LogP contribution in [-0.2, 0) is 14.4 Å². The predicted octanol–water partition coefficient (Wildman–Crippen LogP) is -0.148. The fraction of sp³-hybridized carbons (Fsp3) is 0.444. The number of ketones is 1. The Hall–Kier alpha value is -1.65. The summed E-state index contributed by atoms with van der Waals surface area (Å²) in [5, 5.41) is 8.92. The van der Waals surface area contributed by atoms with E-state index in [2.05, 4.69) is 0 Å². The van der Waals surface area contributed by atoms with E-state index in [0.29, 0.717) is 6.42 Å². The van der Waals surface area contributed by atoms with Gasteiger partial charge in [-0.05, 0) is 12.8 Å². The molecule has 1 amide bonds. The van der Waals surface area contributed by atoms with Crippen molar-refractivity contribution in [1.29, 1.82) is 0 Å². The van der Waals surface area contributed by atoms with Gasteiger partial charge in [-0.3, -0.25) is 14.4 Å². The summed E-state index contributed by atoms with van der Waals surface area (Å²) in [6.45, 7) is 0. The number of rotatable bonds is 3. The van der Waals surface area contributed by atoms with Crippen LogP contribution in [0.3, 0.4) is 0 Å². The smallest absolute Gasteiger partial charge is 0.321 e. The third kappa shape index (κ3) is 1.66. The SMILES string of the molecule is NC(=O)C=CC1(C(=O)O)CCCC1=O. The van der Waals surface area contributed by atoms with E-state index in [1.54, 1.807) is 0 Å². The zero-order chi connectivity index (χ0) is 10.8. The standard InChI is InChI=1S/C9H11NO4/c10-7(12)3-5-9(8(13)14)4-1-2-6(9)11/h3,5H,1-2,4H2,(H2,10,12)(H,13,14). The fourth-order valence-corrected chi connectivity index (χ4v) is 1.59. The summed E-state index contributed by atoms with van der Waals surface area (Å²) in [5.74, 6) is -2.31. The van der Waals surface area contributed by atoms with E-state index in [0.717, 1.165) is 12.2 Å². The zero-order valence-electron chi connectivity index (χ0n) is 7.53. The van der Waals surface area contributed by atoms with E-state index in [1.165, 1.54) is 0 Å². The Morgan fingerprint density at radius 3 is 2.50 bits per heavy atom. The fourth-order valence-electron chi connectivity index (χ4n) is 1.59. The van der Waals surface area contributed by atoms with Gasteiger partial charge in [-0.25, -0.2) is 0 Å². The molecule has 0 spiro atoms. The van der Waals surface area contributed by atoms with Crippen molar-refractivity contribution in [2.45, 2.75) is 19.3 Å². The summed E-state index contributed by atoms with van der Waals surface area (Å²) < 4.78 is 0. The first-order valence-electron chi connectivity index (χ1n) is 4.24. The number of amides is 1. The Labute approximate surface area is 80.6 Å². The molecule has 1 aliphatic rings. The summed E-state index contributed by atoms with van der Waals surface area (Å²) >= 11 is 0. The number of aliphatic carboxylic acids is 1. The molecule has 1 unspecified atom stereocenters. The molecule has 0 aliphatic heterocycles. The van der Waals surface area contributed by atoms with E-state index in [1.807, 2.05) is 0 Å². The molecule has 0 aromatic rings. The number of carbonyl (C=O) groups is 3. The first-order chi connectivity index (χ1) is 6.49. The van der Waals surface area contributed by atoms with Gasteiger partial charge in [-0.2, -0.15) is 0 Å². The van der Waals surface area contributed by atoms with Gasteiger partial charge >= 0.3 is 5.97 Å². The maximum Gasteiger partial charge on any atom is 0.321 e. The maximum absolute atomic E-state index is 11.4. The van der Waals surface area contributed by atoms with Gasteiger partial charge in [0.1, 0.15) is 5.41 Å². The van der Waals surface area contributed by atoms with Crippen LogP contribution in [0.2, 0.25) is 0 Å². The number of carboxylic acids is 1. The minimum Gasteiger partial charge on any atom is -0.480 e. The number of primary amides is 1. The molecule has 5 heteroatoms. The van der Waals surface area contributed by atoms with Crippen molar-refractivity contribution in [3.63, 3.8) is 0 Å². The van der Waals surface area contributed by atoms with E-state index in [9.17, 15) is 14.4 Å². The van der Waals surface area contributed by atoms with E-state index >= 15 is 0 Å². The van der Waals surface area contributed by atoms with Crippen LogP contribution in [0, 0.1) is 5.41 Å². The van der Waals surface area contributed by atoms with Crippen LogP contribution in [-0.4, -0.2) is 22.8 Å². The van der Waals surface area contributed by atoms with E-state index in [-0.39, 0.29) is 18.6 Å². The topological polar surface area (TPSA) is 97.5 Å². The Balaban J connectivity index is 2.99. The van der Waals surface area contributed by atoms with Gasteiger partial charge < -0.3 is 10.8 Å². The lowest BCUT2D eigenvalue weighted by molar-refractivity contribution is -0.149. The summed E-state index contributed by atoms with van der Waals surface area (Å²) in [4.78, 5) is 32.7. The second-order valence-electron chi connectivity index (χ2n) is 3.29. The Morgan fingerprint density at radius 1 is 1.50 bits per heavy atom. The largest absolute Gasteiger partial charge is 0.480 e. The Kier molecular flexibility index (Phi) is 2.69. The average molecular weight is 197 g/mol. The molecule has 5 nitrogen and oxygen atoms in total. The van der Waals surface area contributed by atoms with Gasteiger partial charge in [0.25, 0.3) is 0 Å². The maximum atomic E-state index is 11.4. The molecule has 0 aromatic heterocycles. The van der Waals surface area contributed by atoms with Crippen molar-refractivity contribution in [2.75, 3.05) is 0 Å². The van der Waals surface area contributed by atoms with Crippen LogP contribution in [0.1, 0.15) is 19.3 Å². The molecular weight excluding hydrogens is 186 g/mol. The van der Waals surface area contributed by atoms with Gasteiger partial charge in [0.15, 0.2) is 5.78 Å². The number of hydrogen-bond acceptors (Lipinski definition) is 3. The van der Waals surface area contributed by atoms with E-state index < -0.39 is 17.3 Å². The van der Waals surface area contributed by atoms with E-state index in [4.69, 9.17) is 10.8 Å². The number of nitrogens with two attached hydrogens (primary N) is 1. The van der Waals surface area contributed by atoms with Crippen molar-refractivity contribution in [2.24, 2.45) is 11.1 Å². The van der Waals surface area contributed by atoms with Crippen LogP contribution in [0.25, 0.3) is 0 Å². The molecule has 3 N–H and O–H groups in total. The molecule has 0 aromatic carbocycles. The Bertz CT molecular complexity index is 321. The summed E-state index contributed by atoms with van der Waals surface area (Å²) in [5.41, 5.74) is 3.33. The number of hydrogen-bond donors (Lipinski definition) is 2. The summed E-state index contributed by atoms with van der Waals surface area (Å²) in [6.07, 6.45) is 3.07. The highest BCUT2D eigenvalue weighted by Gasteiger charge is 2.46. The van der Waals surface area contributed by atoms with Gasteiger partial charge in [0.2, 0.25) is 5.91 Å². The highest BCUT2D eigenvalue weighted by Crippen LogP contribution is 2.36. The minimum absolute atomic E-state index is 0.241. The predicted molar refractivity (Wildman–Crippen MR) is 47.3 cm³/mol.